The van der Waals surface area contributed by atoms with Gasteiger partial charge in [0.05, 0.1) is 6.07 Å². The summed E-state index contributed by atoms with van der Waals surface area (Å²) in [6.45, 7) is 0.299. The number of aliphatic hydroxyl groups is 1. The van der Waals surface area contributed by atoms with Crippen LogP contribution in [0.3, 0.4) is 0 Å². The number of nitrogens with zero attached hydrogens (tertiary/aromatic N) is 1. The maximum atomic E-state index is 9.18. The second kappa shape index (κ2) is 3.06. The van der Waals surface area contributed by atoms with Crippen molar-refractivity contribution < 1.29 is 5.11 Å². The lowest BCUT2D eigenvalue weighted by Crippen LogP contribution is -2.24. The van der Waals surface area contributed by atoms with E-state index in [4.69, 9.17) is 5.26 Å². The summed E-state index contributed by atoms with van der Waals surface area (Å²) in [4.78, 5) is 0. The highest BCUT2D eigenvalue weighted by atomic mass is 16.3. The molecule has 2 heteroatoms. The van der Waals surface area contributed by atoms with Crippen LogP contribution in [-0.2, 0) is 0 Å². The molecule has 2 fully saturated rings. The summed E-state index contributed by atoms with van der Waals surface area (Å²) in [5.74, 6) is 2.45. The van der Waals surface area contributed by atoms with Crippen LogP contribution in [0.1, 0.15) is 25.7 Å². The lowest BCUT2D eigenvalue weighted by molar-refractivity contribution is 0.127. The summed E-state index contributed by atoms with van der Waals surface area (Å²) < 4.78 is 0. The summed E-state index contributed by atoms with van der Waals surface area (Å²) in [5.41, 5.74) is 0. The Hall–Kier alpha value is -0.550. The van der Waals surface area contributed by atoms with Crippen molar-refractivity contribution in [3.8, 4) is 6.07 Å². The van der Waals surface area contributed by atoms with Gasteiger partial charge in [-0.2, -0.15) is 5.26 Å². The second-order valence-corrected chi connectivity index (χ2v) is 4.21. The fraction of sp³-hybridized carbons (Fsp3) is 0.900. The van der Waals surface area contributed by atoms with E-state index in [0.29, 0.717) is 24.9 Å². The predicted molar refractivity (Wildman–Crippen MR) is 45.1 cm³/mol. The second-order valence-electron chi connectivity index (χ2n) is 4.21. The van der Waals surface area contributed by atoms with Crippen molar-refractivity contribution >= 4 is 0 Å². The quantitative estimate of drug-likeness (QED) is 0.674. The molecule has 0 spiro atoms. The van der Waals surface area contributed by atoms with E-state index in [-0.39, 0.29) is 0 Å². The first-order valence-electron chi connectivity index (χ1n) is 4.84. The van der Waals surface area contributed by atoms with Gasteiger partial charge >= 0.3 is 0 Å². The molecule has 0 amide bonds. The normalized spacial score (nSPS) is 44.7. The molecule has 2 bridgehead atoms. The van der Waals surface area contributed by atoms with Gasteiger partial charge in [-0.15, -0.1) is 0 Å². The Bertz CT molecular complexity index is 208. The van der Waals surface area contributed by atoms with E-state index in [2.05, 4.69) is 6.07 Å². The van der Waals surface area contributed by atoms with Gasteiger partial charge < -0.3 is 5.11 Å². The zero-order chi connectivity index (χ0) is 8.55. The fourth-order valence-electron chi connectivity index (χ4n) is 3.24. The van der Waals surface area contributed by atoms with E-state index in [1.165, 1.54) is 19.3 Å². The summed E-state index contributed by atoms with van der Waals surface area (Å²) in [6.07, 6.45) is 4.52. The monoisotopic (exact) mass is 165 g/mol. The van der Waals surface area contributed by atoms with Crippen molar-refractivity contribution in [2.45, 2.75) is 25.7 Å². The van der Waals surface area contributed by atoms with Crippen LogP contribution in [0.25, 0.3) is 0 Å². The van der Waals surface area contributed by atoms with Gasteiger partial charge in [0.1, 0.15) is 0 Å². The molecule has 0 radical (unpaired) electrons. The molecule has 0 aromatic heterocycles. The smallest absolute Gasteiger partial charge is 0.0624 e. The zero-order valence-corrected chi connectivity index (χ0v) is 7.24. The Kier molecular flexibility index (Phi) is 2.06. The van der Waals surface area contributed by atoms with E-state index < -0.39 is 0 Å². The molecule has 2 aliphatic rings. The maximum Gasteiger partial charge on any atom is 0.0624 e. The third-order valence-electron chi connectivity index (χ3n) is 3.81. The predicted octanol–water partition coefficient (Wildman–Crippen LogP) is 1.55. The van der Waals surface area contributed by atoms with Crippen LogP contribution in [0.5, 0.6) is 0 Å². The molecule has 2 nitrogen and oxygen atoms in total. The first kappa shape index (κ1) is 8.07. The molecule has 1 N–H and O–H groups in total. The molecule has 0 heterocycles. The summed E-state index contributed by atoms with van der Waals surface area (Å²) >= 11 is 0. The molecular weight excluding hydrogens is 150 g/mol. The van der Waals surface area contributed by atoms with E-state index in [0.717, 1.165) is 11.8 Å². The van der Waals surface area contributed by atoms with Crippen LogP contribution in [0, 0.1) is 35.0 Å². The van der Waals surface area contributed by atoms with Crippen LogP contribution < -0.4 is 0 Å². The largest absolute Gasteiger partial charge is 0.396 e. The van der Waals surface area contributed by atoms with Crippen molar-refractivity contribution in [3.05, 3.63) is 0 Å². The van der Waals surface area contributed by atoms with Gasteiger partial charge in [-0.25, -0.2) is 0 Å². The number of fused-ring (bicyclic) bond motifs is 2. The number of hydrogen-bond acceptors (Lipinski definition) is 2. The minimum Gasteiger partial charge on any atom is -0.396 e. The minimum atomic E-state index is 0.299. The van der Waals surface area contributed by atoms with Gasteiger partial charge in [-0.1, -0.05) is 0 Å². The molecule has 0 aliphatic heterocycles. The molecule has 2 saturated carbocycles. The SMILES string of the molecule is N#CC[C@H]1[C@H]2CC[C@H](C2)[C@@H]1CO. The number of hydrogen-bond donors (Lipinski definition) is 1. The van der Waals surface area contributed by atoms with E-state index in [9.17, 15) is 5.11 Å². The van der Waals surface area contributed by atoms with E-state index in [1.807, 2.05) is 0 Å². The molecule has 0 aromatic carbocycles. The number of aliphatic hydroxyl groups excluding tert-OH is 1. The molecule has 2 aliphatic carbocycles. The highest BCUT2D eigenvalue weighted by Crippen LogP contribution is 2.53. The van der Waals surface area contributed by atoms with Gasteiger partial charge in [0.15, 0.2) is 0 Å². The van der Waals surface area contributed by atoms with Gasteiger partial charge in [0, 0.05) is 13.0 Å². The lowest BCUT2D eigenvalue weighted by atomic mass is 9.78. The maximum absolute atomic E-state index is 9.18. The third-order valence-corrected chi connectivity index (χ3v) is 3.81. The van der Waals surface area contributed by atoms with Crippen molar-refractivity contribution in [1.82, 2.24) is 0 Å². The third kappa shape index (κ3) is 1.04. The molecular formula is C10H15NO. The van der Waals surface area contributed by atoms with Crippen LogP contribution in [0.15, 0.2) is 0 Å². The first-order valence-corrected chi connectivity index (χ1v) is 4.84. The van der Waals surface area contributed by atoms with E-state index >= 15 is 0 Å². The molecule has 2 rings (SSSR count). The molecule has 0 aromatic rings. The Labute approximate surface area is 73.2 Å². The topological polar surface area (TPSA) is 44.0 Å². The van der Waals surface area contributed by atoms with Crippen LogP contribution in [0.4, 0.5) is 0 Å². The highest BCUT2D eigenvalue weighted by molar-refractivity contribution is 4.98. The molecule has 66 valence electrons. The van der Waals surface area contributed by atoms with Gasteiger partial charge in [0.2, 0.25) is 0 Å². The average Bonchev–Trinajstić information content (AvgIpc) is 2.64. The number of nitriles is 1. The van der Waals surface area contributed by atoms with Crippen LogP contribution >= 0.6 is 0 Å². The summed E-state index contributed by atoms with van der Waals surface area (Å²) in [7, 11) is 0. The Balaban J connectivity index is 2.07. The Morgan fingerprint density at radius 2 is 1.92 bits per heavy atom. The van der Waals surface area contributed by atoms with Crippen molar-refractivity contribution in [3.63, 3.8) is 0 Å². The Morgan fingerprint density at radius 1 is 1.25 bits per heavy atom. The fourth-order valence-corrected chi connectivity index (χ4v) is 3.24. The Morgan fingerprint density at radius 3 is 2.50 bits per heavy atom. The number of rotatable bonds is 2. The lowest BCUT2D eigenvalue weighted by Gasteiger charge is -2.27. The average molecular weight is 165 g/mol. The molecule has 0 saturated heterocycles. The minimum absolute atomic E-state index is 0.299. The summed E-state index contributed by atoms with van der Waals surface area (Å²) in [5, 5.41) is 17.8. The van der Waals surface area contributed by atoms with Gasteiger partial charge in [-0.3, -0.25) is 0 Å². The molecule has 4 atom stereocenters. The zero-order valence-electron chi connectivity index (χ0n) is 7.24. The first-order chi connectivity index (χ1) is 5.86. The standard InChI is InChI=1S/C10H15NO/c11-4-3-9-7-1-2-8(5-7)10(9)6-12/h7-10,12H,1-3,5-6H2/t7-,8+,9-,10-/m0/s1. The highest BCUT2D eigenvalue weighted by Gasteiger charge is 2.46. The van der Waals surface area contributed by atoms with Crippen LogP contribution in [0.2, 0.25) is 0 Å². The van der Waals surface area contributed by atoms with Gasteiger partial charge in [0.25, 0.3) is 0 Å². The van der Waals surface area contributed by atoms with Crippen LogP contribution in [-0.4, -0.2) is 11.7 Å². The molecule has 12 heavy (non-hydrogen) atoms. The molecule has 0 unspecified atom stereocenters. The van der Waals surface area contributed by atoms with Crippen molar-refractivity contribution in [1.29, 1.82) is 5.26 Å². The summed E-state index contributed by atoms with van der Waals surface area (Å²) in [6, 6.07) is 2.25. The van der Waals surface area contributed by atoms with Gasteiger partial charge in [-0.05, 0) is 42.9 Å². The van der Waals surface area contributed by atoms with Crippen molar-refractivity contribution in [2.75, 3.05) is 6.61 Å². The van der Waals surface area contributed by atoms with E-state index in [1.54, 1.807) is 0 Å². The van der Waals surface area contributed by atoms with Crippen molar-refractivity contribution in [2.24, 2.45) is 23.7 Å².